The molecule has 0 bridgehead atoms. The van der Waals surface area contributed by atoms with Gasteiger partial charge >= 0.3 is 0 Å². The molecule has 8 heteroatoms. The average molecular weight is 469 g/mol. The Balaban J connectivity index is 1.27. The third-order valence-electron chi connectivity index (χ3n) is 6.88. The molecule has 2 fully saturated rings. The largest absolute Gasteiger partial charge is 0.486 e. The summed E-state index contributed by atoms with van der Waals surface area (Å²) in [5, 5.41) is 9.81. The third-order valence-corrected chi connectivity index (χ3v) is 7.83. The molecule has 33 heavy (non-hydrogen) atoms. The monoisotopic (exact) mass is 468 g/mol. The predicted molar refractivity (Wildman–Crippen MR) is 128 cm³/mol. The van der Waals surface area contributed by atoms with Crippen molar-refractivity contribution in [2.24, 2.45) is 0 Å². The lowest BCUT2D eigenvalue weighted by Crippen LogP contribution is -2.32. The molecule has 1 aromatic heterocycles. The van der Waals surface area contributed by atoms with Gasteiger partial charge in [0.15, 0.2) is 16.7 Å². The Hall–Kier alpha value is -2.48. The van der Waals surface area contributed by atoms with Gasteiger partial charge in [0.05, 0.1) is 11.8 Å². The van der Waals surface area contributed by atoms with Gasteiger partial charge in [-0.1, -0.05) is 43.2 Å². The van der Waals surface area contributed by atoms with Gasteiger partial charge in [0.25, 0.3) is 0 Å². The van der Waals surface area contributed by atoms with Crippen molar-refractivity contribution in [3.05, 3.63) is 42.2 Å². The SMILES string of the molecule is C=CCn1c(SCC(=O)N2CCC[C@@H]2c2ccc3c(c2)OCCO3)nnc1C1CCCCC1. The number of likely N-dealkylation sites (tertiary alicyclic amines) is 1. The first-order valence-electron chi connectivity index (χ1n) is 12.1. The summed E-state index contributed by atoms with van der Waals surface area (Å²) in [5.41, 5.74) is 1.12. The maximum Gasteiger partial charge on any atom is 0.233 e. The number of nitrogens with zero attached hydrogens (tertiary/aromatic N) is 4. The molecule has 0 radical (unpaired) electrons. The van der Waals surface area contributed by atoms with Gasteiger partial charge in [0.1, 0.15) is 19.0 Å². The fraction of sp³-hybridized carbons (Fsp3) is 0.560. The molecule has 1 atom stereocenters. The van der Waals surface area contributed by atoms with Crippen LogP contribution in [0.1, 0.15) is 68.3 Å². The van der Waals surface area contributed by atoms with Crippen LogP contribution in [0.5, 0.6) is 11.5 Å². The van der Waals surface area contributed by atoms with Crippen LogP contribution in [-0.2, 0) is 11.3 Å². The van der Waals surface area contributed by atoms with Crippen LogP contribution in [0.15, 0.2) is 36.0 Å². The smallest absolute Gasteiger partial charge is 0.233 e. The lowest BCUT2D eigenvalue weighted by molar-refractivity contribution is -0.129. The van der Waals surface area contributed by atoms with Crippen LogP contribution in [0.3, 0.4) is 0 Å². The van der Waals surface area contributed by atoms with E-state index in [0.29, 0.717) is 31.4 Å². The maximum absolute atomic E-state index is 13.2. The molecule has 7 nitrogen and oxygen atoms in total. The highest BCUT2D eigenvalue weighted by molar-refractivity contribution is 7.99. The van der Waals surface area contributed by atoms with E-state index in [1.807, 2.05) is 23.1 Å². The van der Waals surface area contributed by atoms with E-state index in [0.717, 1.165) is 47.4 Å². The first-order chi connectivity index (χ1) is 16.2. The fourth-order valence-corrected chi connectivity index (χ4v) is 6.10. The number of rotatable bonds is 7. The maximum atomic E-state index is 13.2. The van der Waals surface area contributed by atoms with E-state index in [2.05, 4.69) is 27.4 Å². The topological polar surface area (TPSA) is 69.5 Å². The highest BCUT2D eigenvalue weighted by Gasteiger charge is 2.31. The Kier molecular flexibility index (Phi) is 6.90. The van der Waals surface area contributed by atoms with Gasteiger partial charge in [-0.3, -0.25) is 4.79 Å². The highest BCUT2D eigenvalue weighted by atomic mass is 32.2. The van der Waals surface area contributed by atoms with E-state index in [1.54, 1.807) is 0 Å². The van der Waals surface area contributed by atoms with Crippen LogP contribution in [0.25, 0.3) is 0 Å². The quantitative estimate of drug-likeness (QED) is 0.432. The Bertz CT molecular complexity index is 1000. The van der Waals surface area contributed by atoms with E-state index < -0.39 is 0 Å². The zero-order chi connectivity index (χ0) is 22.6. The number of aromatic nitrogens is 3. The van der Waals surface area contributed by atoms with Crippen molar-refractivity contribution in [2.75, 3.05) is 25.5 Å². The van der Waals surface area contributed by atoms with E-state index in [1.165, 1.54) is 43.9 Å². The molecule has 0 N–H and O–H groups in total. The van der Waals surface area contributed by atoms with Crippen LogP contribution in [-0.4, -0.2) is 51.1 Å². The third kappa shape index (κ3) is 4.76. The Morgan fingerprint density at radius 2 is 1.91 bits per heavy atom. The molecule has 2 aliphatic heterocycles. The van der Waals surface area contributed by atoms with Crippen LogP contribution in [0.4, 0.5) is 0 Å². The Labute approximate surface area is 199 Å². The first kappa shape index (κ1) is 22.3. The summed E-state index contributed by atoms with van der Waals surface area (Å²) in [6.07, 6.45) is 10.0. The number of fused-ring (bicyclic) bond motifs is 1. The van der Waals surface area contributed by atoms with E-state index >= 15 is 0 Å². The molecule has 3 aliphatic rings. The second-order valence-corrected chi connectivity index (χ2v) is 9.95. The number of thioether (sulfide) groups is 1. The van der Waals surface area contributed by atoms with Crippen molar-refractivity contribution < 1.29 is 14.3 Å². The zero-order valence-electron chi connectivity index (χ0n) is 19.1. The molecular formula is C25H32N4O3S. The van der Waals surface area contributed by atoms with E-state index in [-0.39, 0.29) is 11.9 Å². The fourth-order valence-electron chi connectivity index (χ4n) is 5.26. The summed E-state index contributed by atoms with van der Waals surface area (Å²) in [5.74, 6) is 3.59. The predicted octanol–water partition coefficient (Wildman–Crippen LogP) is 4.74. The summed E-state index contributed by atoms with van der Waals surface area (Å²) in [6, 6.07) is 6.14. The van der Waals surface area contributed by atoms with Crippen molar-refractivity contribution >= 4 is 17.7 Å². The van der Waals surface area contributed by atoms with E-state index in [9.17, 15) is 4.79 Å². The number of carbonyl (C=O) groups excluding carboxylic acids is 1. The average Bonchev–Trinajstić information content (AvgIpc) is 3.51. The van der Waals surface area contributed by atoms with E-state index in [4.69, 9.17) is 9.47 Å². The molecule has 3 heterocycles. The van der Waals surface area contributed by atoms with Gasteiger partial charge in [-0.25, -0.2) is 0 Å². The number of hydrogen-bond acceptors (Lipinski definition) is 6. The number of carbonyl (C=O) groups is 1. The molecule has 1 aromatic carbocycles. The molecule has 0 spiro atoms. The van der Waals surface area contributed by atoms with Gasteiger partial charge < -0.3 is 18.9 Å². The minimum atomic E-state index is 0.0813. The minimum Gasteiger partial charge on any atom is -0.486 e. The van der Waals surface area contributed by atoms with Gasteiger partial charge in [0.2, 0.25) is 5.91 Å². The number of allylic oxidation sites excluding steroid dienone is 1. The van der Waals surface area contributed by atoms with Gasteiger partial charge in [-0.2, -0.15) is 0 Å². The molecule has 5 rings (SSSR count). The standard InChI is InChI=1S/C25H32N4O3S/c1-2-12-29-24(18-7-4-3-5-8-18)26-27-25(29)33-17-23(30)28-13-6-9-20(28)19-10-11-21-22(16-19)32-15-14-31-21/h2,10-11,16,18,20H,1,3-9,12-15,17H2/t20-/m1/s1. The lowest BCUT2D eigenvalue weighted by Gasteiger charge is -2.26. The van der Waals surface area contributed by atoms with Crippen LogP contribution in [0.2, 0.25) is 0 Å². The van der Waals surface area contributed by atoms with Crippen LogP contribution in [0, 0.1) is 0 Å². The van der Waals surface area contributed by atoms with Gasteiger partial charge in [-0.05, 0) is 43.4 Å². The summed E-state index contributed by atoms with van der Waals surface area (Å²) in [4.78, 5) is 15.2. The lowest BCUT2D eigenvalue weighted by atomic mass is 9.89. The normalized spacial score (nSPS) is 20.7. The molecular weight excluding hydrogens is 436 g/mol. The summed E-state index contributed by atoms with van der Waals surface area (Å²) >= 11 is 1.49. The highest BCUT2D eigenvalue weighted by Crippen LogP contribution is 2.39. The molecule has 1 aliphatic carbocycles. The molecule has 1 amide bonds. The van der Waals surface area contributed by atoms with Gasteiger partial charge in [0, 0.05) is 19.0 Å². The number of amides is 1. The van der Waals surface area contributed by atoms with Crippen molar-refractivity contribution in [3.63, 3.8) is 0 Å². The molecule has 0 unspecified atom stereocenters. The van der Waals surface area contributed by atoms with Crippen molar-refractivity contribution in [1.29, 1.82) is 0 Å². The zero-order valence-corrected chi connectivity index (χ0v) is 19.9. The minimum absolute atomic E-state index is 0.0813. The van der Waals surface area contributed by atoms with Gasteiger partial charge in [-0.15, -0.1) is 16.8 Å². The molecule has 2 aromatic rings. The van der Waals surface area contributed by atoms with Crippen LogP contribution < -0.4 is 9.47 Å². The second kappa shape index (κ2) is 10.2. The number of ether oxygens (including phenoxy) is 2. The molecule has 1 saturated heterocycles. The molecule has 176 valence electrons. The Morgan fingerprint density at radius 1 is 1.09 bits per heavy atom. The molecule has 1 saturated carbocycles. The Morgan fingerprint density at radius 3 is 2.73 bits per heavy atom. The van der Waals surface area contributed by atoms with Crippen molar-refractivity contribution in [3.8, 4) is 11.5 Å². The summed E-state index contributed by atoms with van der Waals surface area (Å²) in [6.45, 7) is 6.52. The second-order valence-electron chi connectivity index (χ2n) is 9.01. The van der Waals surface area contributed by atoms with Crippen molar-refractivity contribution in [1.82, 2.24) is 19.7 Å². The van der Waals surface area contributed by atoms with Crippen molar-refractivity contribution in [2.45, 2.75) is 68.6 Å². The number of hydrogen-bond donors (Lipinski definition) is 0. The first-order valence-corrected chi connectivity index (χ1v) is 13.1. The van der Waals surface area contributed by atoms with Crippen LogP contribution >= 0.6 is 11.8 Å². The number of benzene rings is 1. The summed E-state index contributed by atoms with van der Waals surface area (Å²) < 4.78 is 13.6. The summed E-state index contributed by atoms with van der Waals surface area (Å²) in [7, 11) is 0.